The van der Waals surface area contributed by atoms with Gasteiger partial charge in [-0.1, -0.05) is 0 Å². The highest BCUT2D eigenvalue weighted by Gasteiger charge is 2.17. The number of nitro benzene ring substituents is 1. The maximum absolute atomic E-state index is 10.9. The number of nitrogens with one attached hydrogen (secondary N) is 1. The van der Waals surface area contributed by atoms with Crippen LogP contribution in [-0.2, 0) is 0 Å². The van der Waals surface area contributed by atoms with Gasteiger partial charge in [-0.25, -0.2) is 4.98 Å². The number of hydrogen-bond donors (Lipinski definition) is 1. The fourth-order valence-electron chi connectivity index (χ4n) is 1.85. The zero-order valence-corrected chi connectivity index (χ0v) is 12.9. The Labute approximate surface area is 124 Å². The average Bonchev–Trinajstić information content (AvgIpc) is 2.79. The minimum atomic E-state index is -0.398. The molecule has 0 bridgehead atoms. The predicted octanol–water partition coefficient (Wildman–Crippen LogP) is 4.14. The van der Waals surface area contributed by atoms with Crippen molar-refractivity contribution in [2.75, 3.05) is 5.32 Å². The fourth-order valence-corrected chi connectivity index (χ4v) is 2.29. The third-order valence-corrected chi connectivity index (χ3v) is 3.52. The summed E-state index contributed by atoms with van der Waals surface area (Å²) in [6.45, 7) is 5.44. The first-order valence-electron chi connectivity index (χ1n) is 6.02. The second kappa shape index (κ2) is 5.62. The van der Waals surface area contributed by atoms with E-state index in [1.807, 2.05) is 13.8 Å². The van der Waals surface area contributed by atoms with E-state index in [2.05, 4.69) is 26.2 Å². The Morgan fingerprint density at radius 2 is 2.15 bits per heavy atom. The SMILES string of the molecule is Cc1cnc(C(C)Nc2cc(C)c([N+](=O)[O-])cc2Br)o1. The maximum Gasteiger partial charge on any atom is 0.273 e. The van der Waals surface area contributed by atoms with Crippen LogP contribution in [-0.4, -0.2) is 9.91 Å². The average molecular weight is 340 g/mol. The Morgan fingerprint density at radius 3 is 2.70 bits per heavy atom. The van der Waals surface area contributed by atoms with Crippen LogP contribution in [0.3, 0.4) is 0 Å². The molecule has 1 heterocycles. The second-order valence-electron chi connectivity index (χ2n) is 4.55. The van der Waals surface area contributed by atoms with E-state index < -0.39 is 4.92 Å². The van der Waals surface area contributed by atoms with Gasteiger partial charge in [0.2, 0.25) is 5.89 Å². The third-order valence-electron chi connectivity index (χ3n) is 2.86. The monoisotopic (exact) mass is 339 g/mol. The molecular weight excluding hydrogens is 326 g/mol. The van der Waals surface area contributed by atoms with Gasteiger partial charge in [0.25, 0.3) is 5.69 Å². The van der Waals surface area contributed by atoms with Crippen LogP contribution in [0.5, 0.6) is 0 Å². The lowest BCUT2D eigenvalue weighted by molar-refractivity contribution is -0.385. The van der Waals surface area contributed by atoms with Gasteiger partial charge in [0.15, 0.2) is 0 Å². The molecule has 0 radical (unpaired) electrons. The van der Waals surface area contributed by atoms with Gasteiger partial charge in [0.1, 0.15) is 11.8 Å². The van der Waals surface area contributed by atoms with Crippen molar-refractivity contribution >= 4 is 27.3 Å². The quantitative estimate of drug-likeness (QED) is 0.668. The van der Waals surface area contributed by atoms with Crippen LogP contribution in [0.15, 0.2) is 27.2 Å². The van der Waals surface area contributed by atoms with Crippen LogP contribution in [0, 0.1) is 24.0 Å². The van der Waals surface area contributed by atoms with Gasteiger partial charge in [-0.3, -0.25) is 10.1 Å². The molecule has 2 aromatic rings. The van der Waals surface area contributed by atoms with Crippen molar-refractivity contribution in [1.29, 1.82) is 0 Å². The number of aromatic nitrogens is 1. The number of anilines is 1. The zero-order chi connectivity index (χ0) is 14.9. The number of benzene rings is 1. The lowest BCUT2D eigenvalue weighted by atomic mass is 10.1. The summed E-state index contributed by atoms with van der Waals surface area (Å²) in [4.78, 5) is 14.6. The molecular formula is C13H14BrN3O3. The molecule has 1 atom stereocenters. The van der Waals surface area contributed by atoms with Crippen LogP contribution in [0.2, 0.25) is 0 Å². The summed E-state index contributed by atoms with van der Waals surface area (Å²) in [6, 6.07) is 3.08. The summed E-state index contributed by atoms with van der Waals surface area (Å²) in [5.74, 6) is 1.32. The zero-order valence-electron chi connectivity index (χ0n) is 11.3. The number of aryl methyl sites for hydroxylation is 2. The van der Waals surface area contributed by atoms with Gasteiger partial charge in [0, 0.05) is 21.8 Å². The van der Waals surface area contributed by atoms with Crippen LogP contribution < -0.4 is 5.32 Å². The molecule has 7 heteroatoms. The van der Waals surface area contributed by atoms with Crippen LogP contribution in [0.4, 0.5) is 11.4 Å². The summed E-state index contributed by atoms with van der Waals surface area (Å²) in [5, 5.41) is 14.1. The lowest BCUT2D eigenvalue weighted by Crippen LogP contribution is -2.08. The van der Waals surface area contributed by atoms with E-state index in [4.69, 9.17) is 4.42 Å². The molecule has 0 saturated heterocycles. The Kier molecular flexibility index (Phi) is 4.08. The van der Waals surface area contributed by atoms with E-state index in [1.165, 1.54) is 6.07 Å². The van der Waals surface area contributed by atoms with E-state index in [-0.39, 0.29) is 11.7 Å². The molecule has 0 saturated carbocycles. The summed E-state index contributed by atoms with van der Waals surface area (Å²) in [5.41, 5.74) is 1.44. The number of halogens is 1. The number of nitrogens with zero attached hydrogens (tertiary/aromatic N) is 2. The highest BCUT2D eigenvalue weighted by atomic mass is 79.9. The number of oxazole rings is 1. The van der Waals surface area contributed by atoms with Crippen LogP contribution >= 0.6 is 15.9 Å². The van der Waals surface area contributed by atoms with Gasteiger partial charge in [-0.2, -0.15) is 0 Å². The normalized spacial score (nSPS) is 12.2. The maximum atomic E-state index is 10.9. The topological polar surface area (TPSA) is 81.2 Å². The first-order chi connectivity index (χ1) is 9.38. The largest absolute Gasteiger partial charge is 0.444 e. The molecule has 2 rings (SSSR count). The van der Waals surface area contributed by atoms with Crippen LogP contribution in [0.1, 0.15) is 30.2 Å². The Morgan fingerprint density at radius 1 is 1.45 bits per heavy atom. The van der Waals surface area contributed by atoms with Crippen molar-refractivity contribution < 1.29 is 9.34 Å². The molecule has 0 aliphatic heterocycles. The van der Waals surface area contributed by atoms with Crippen LogP contribution in [0.25, 0.3) is 0 Å². The summed E-state index contributed by atoms with van der Waals surface area (Å²) < 4.78 is 6.08. The number of hydrogen-bond acceptors (Lipinski definition) is 5. The highest BCUT2D eigenvalue weighted by Crippen LogP contribution is 2.32. The van der Waals surface area contributed by atoms with Gasteiger partial charge < -0.3 is 9.73 Å². The van der Waals surface area contributed by atoms with Crippen molar-refractivity contribution in [1.82, 2.24) is 4.98 Å². The Bertz CT molecular complexity index is 654. The third kappa shape index (κ3) is 2.98. The summed E-state index contributed by atoms with van der Waals surface area (Å²) in [7, 11) is 0. The van der Waals surface area contributed by atoms with Gasteiger partial charge >= 0.3 is 0 Å². The van der Waals surface area contributed by atoms with E-state index in [0.29, 0.717) is 15.9 Å². The molecule has 0 aliphatic carbocycles. The first-order valence-corrected chi connectivity index (χ1v) is 6.81. The van der Waals surface area contributed by atoms with Crippen molar-refractivity contribution in [3.63, 3.8) is 0 Å². The van der Waals surface area contributed by atoms with Crippen molar-refractivity contribution in [2.24, 2.45) is 0 Å². The lowest BCUT2D eigenvalue weighted by Gasteiger charge is -2.14. The molecule has 106 valence electrons. The van der Waals surface area contributed by atoms with E-state index in [9.17, 15) is 10.1 Å². The number of nitro groups is 1. The van der Waals surface area contributed by atoms with Gasteiger partial charge in [-0.15, -0.1) is 0 Å². The molecule has 0 spiro atoms. The molecule has 1 aromatic carbocycles. The molecule has 6 nitrogen and oxygen atoms in total. The van der Waals surface area contributed by atoms with Crippen molar-refractivity contribution in [3.05, 3.63) is 50.1 Å². The molecule has 1 N–H and O–H groups in total. The fraction of sp³-hybridized carbons (Fsp3) is 0.308. The minimum Gasteiger partial charge on any atom is -0.444 e. The van der Waals surface area contributed by atoms with E-state index >= 15 is 0 Å². The molecule has 1 aromatic heterocycles. The molecule has 0 fully saturated rings. The predicted molar refractivity (Wildman–Crippen MR) is 78.8 cm³/mol. The summed E-state index contributed by atoms with van der Waals surface area (Å²) in [6.07, 6.45) is 1.66. The molecule has 0 aliphatic rings. The first kappa shape index (κ1) is 14.5. The molecule has 20 heavy (non-hydrogen) atoms. The summed E-state index contributed by atoms with van der Waals surface area (Å²) >= 11 is 3.34. The number of rotatable bonds is 4. The molecule has 1 unspecified atom stereocenters. The minimum absolute atomic E-state index is 0.0852. The van der Waals surface area contributed by atoms with Crippen molar-refractivity contribution in [3.8, 4) is 0 Å². The second-order valence-corrected chi connectivity index (χ2v) is 5.41. The Hall–Kier alpha value is -1.89. The van der Waals surface area contributed by atoms with E-state index in [0.717, 1.165) is 11.4 Å². The van der Waals surface area contributed by atoms with Gasteiger partial charge in [0.05, 0.1) is 11.1 Å². The van der Waals surface area contributed by atoms with E-state index in [1.54, 1.807) is 19.2 Å². The molecule has 0 amide bonds. The Balaban J connectivity index is 2.25. The van der Waals surface area contributed by atoms with Gasteiger partial charge in [-0.05, 0) is 42.8 Å². The smallest absolute Gasteiger partial charge is 0.273 e. The standard InChI is InChI=1S/C13H14BrN3O3/c1-7-4-11(10(14)5-12(7)17(18)19)16-9(3)13-15-6-8(2)20-13/h4-6,9,16H,1-3H3. The van der Waals surface area contributed by atoms with Crippen molar-refractivity contribution in [2.45, 2.75) is 26.8 Å². The highest BCUT2D eigenvalue weighted by molar-refractivity contribution is 9.10.